The molecular formula is C21H23N3O2. The molecule has 134 valence electrons. The number of amides is 1. The van der Waals surface area contributed by atoms with E-state index < -0.39 is 0 Å². The van der Waals surface area contributed by atoms with Gasteiger partial charge >= 0.3 is 0 Å². The van der Waals surface area contributed by atoms with Crippen LogP contribution in [-0.2, 0) is 4.79 Å². The first-order valence-corrected chi connectivity index (χ1v) is 9.27. The van der Waals surface area contributed by atoms with Gasteiger partial charge in [0.15, 0.2) is 5.82 Å². The fourth-order valence-corrected chi connectivity index (χ4v) is 3.68. The molecular weight excluding hydrogens is 326 g/mol. The Hall–Kier alpha value is -2.82. The summed E-state index contributed by atoms with van der Waals surface area (Å²) in [5.74, 6) is 1.69. The second kappa shape index (κ2) is 7.20. The van der Waals surface area contributed by atoms with Gasteiger partial charge in [-0.2, -0.15) is 5.10 Å². The minimum Gasteiger partial charge on any atom is -0.493 e. The number of hydrogen-bond donors (Lipinski definition) is 2. The Bertz CT molecular complexity index is 926. The molecule has 1 aliphatic carbocycles. The van der Waals surface area contributed by atoms with Crippen molar-refractivity contribution in [2.24, 2.45) is 5.92 Å². The number of hydrogen-bond acceptors (Lipinski definition) is 3. The van der Waals surface area contributed by atoms with Gasteiger partial charge in [-0.3, -0.25) is 9.89 Å². The van der Waals surface area contributed by atoms with Crippen molar-refractivity contribution in [2.45, 2.75) is 32.6 Å². The van der Waals surface area contributed by atoms with Gasteiger partial charge in [-0.25, -0.2) is 0 Å². The van der Waals surface area contributed by atoms with Crippen molar-refractivity contribution >= 4 is 22.6 Å². The molecule has 0 saturated heterocycles. The van der Waals surface area contributed by atoms with Crippen molar-refractivity contribution in [3.63, 3.8) is 0 Å². The van der Waals surface area contributed by atoms with Crippen LogP contribution in [0.5, 0.6) is 5.75 Å². The van der Waals surface area contributed by atoms with Gasteiger partial charge in [0.25, 0.3) is 0 Å². The lowest BCUT2D eigenvalue weighted by Gasteiger charge is -2.10. The van der Waals surface area contributed by atoms with E-state index >= 15 is 0 Å². The van der Waals surface area contributed by atoms with E-state index in [1.807, 2.05) is 49.4 Å². The Balaban J connectivity index is 1.62. The fraction of sp³-hybridized carbons (Fsp3) is 0.333. The summed E-state index contributed by atoms with van der Waals surface area (Å²) < 4.78 is 5.74. The van der Waals surface area contributed by atoms with Crippen LogP contribution >= 0.6 is 0 Å². The SMILES string of the molecule is CCOc1ccccc1-c1ccc2c(NC(=O)C3CCCC3)n[nH]c2c1. The highest BCUT2D eigenvalue weighted by Crippen LogP contribution is 2.33. The van der Waals surface area contributed by atoms with Gasteiger partial charge in [0, 0.05) is 16.9 Å². The Morgan fingerprint density at radius 1 is 1.23 bits per heavy atom. The predicted molar refractivity (Wildman–Crippen MR) is 103 cm³/mol. The zero-order valence-electron chi connectivity index (χ0n) is 14.9. The highest BCUT2D eigenvalue weighted by molar-refractivity contribution is 6.01. The molecule has 1 heterocycles. The van der Waals surface area contributed by atoms with Crippen molar-refractivity contribution in [3.8, 4) is 16.9 Å². The zero-order chi connectivity index (χ0) is 17.9. The maximum Gasteiger partial charge on any atom is 0.228 e. The van der Waals surface area contributed by atoms with E-state index in [2.05, 4.69) is 15.5 Å². The summed E-state index contributed by atoms with van der Waals surface area (Å²) in [5, 5.41) is 11.3. The number of H-pyrrole nitrogens is 1. The molecule has 5 heteroatoms. The number of carbonyl (C=O) groups excluding carboxylic acids is 1. The van der Waals surface area contributed by atoms with Crippen LogP contribution in [0.3, 0.4) is 0 Å². The highest BCUT2D eigenvalue weighted by atomic mass is 16.5. The molecule has 0 bridgehead atoms. The molecule has 5 nitrogen and oxygen atoms in total. The first-order chi connectivity index (χ1) is 12.8. The van der Waals surface area contributed by atoms with Crippen LogP contribution in [-0.4, -0.2) is 22.7 Å². The molecule has 26 heavy (non-hydrogen) atoms. The minimum atomic E-state index is 0.0849. The molecule has 0 aliphatic heterocycles. The van der Waals surface area contributed by atoms with Crippen molar-refractivity contribution in [2.75, 3.05) is 11.9 Å². The van der Waals surface area contributed by atoms with E-state index in [1.54, 1.807) is 0 Å². The molecule has 2 aromatic carbocycles. The molecule has 4 rings (SSSR count). The number of anilines is 1. The smallest absolute Gasteiger partial charge is 0.228 e. The summed E-state index contributed by atoms with van der Waals surface area (Å²) in [6, 6.07) is 14.1. The molecule has 1 fully saturated rings. The van der Waals surface area contributed by atoms with Gasteiger partial charge in [0.05, 0.1) is 12.1 Å². The number of benzene rings is 2. The van der Waals surface area contributed by atoms with E-state index in [9.17, 15) is 4.79 Å². The molecule has 0 radical (unpaired) electrons. The number of ether oxygens (including phenoxy) is 1. The first-order valence-electron chi connectivity index (χ1n) is 9.27. The average molecular weight is 349 g/mol. The number of nitrogens with one attached hydrogen (secondary N) is 2. The lowest BCUT2D eigenvalue weighted by Crippen LogP contribution is -2.20. The van der Waals surface area contributed by atoms with Gasteiger partial charge in [-0.15, -0.1) is 0 Å². The molecule has 3 aromatic rings. The highest BCUT2D eigenvalue weighted by Gasteiger charge is 2.23. The van der Waals surface area contributed by atoms with Crippen molar-refractivity contribution in [3.05, 3.63) is 42.5 Å². The second-order valence-corrected chi connectivity index (χ2v) is 6.73. The fourth-order valence-electron chi connectivity index (χ4n) is 3.68. The van der Waals surface area contributed by atoms with Gasteiger partial charge in [-0.05, 0) is 43.5 Å². The maximum absolute atomic E-state index is 12.4. The molecule has 2 N–H and O–H groups in total. The van der Waals surface area contributed by atoms with E-state index in [0.717, 1.165) is 53.5 Å². The Kier molecular flexibility index (Phi) is 4.61. The van der Waals surface area contributed by atoms with E-state index in [-0.39, 0.29) is 11.8 Å². The Morgan fingerprint density at radius 3 is 2.85 bits per heavy atom. The molecule has 1 aromatic heterocycles. The quantitative estimate of drug-likeness (QED) is 0.698. The normalized spacial score (nSPS) is 14.7. The van der Waals surface area contributed by atoms with Crippen molar-refractivity contribution < 1.29 is 9.53 Å². The number of rotatable bonds is 5. The van der Waals surface area contributed by atoms with E-state index in [0.29, 0.717) is 12.4 Å². The van der Waals surface area contributed by atoms with Crippen LogP contribution in [0, 0.1) is 5.92 Å². The number of carbonyl (C=O) groups is 1. The molecule has 1 aliphatic rings. The van der Waals surface area contributed by atoms with E-state index in [1.165, 1.54) is 0 Å². The Labute approximate surface area is 152 Å². The summed E-state index contributed by atoms with van der Waals surface area (Å²) in [7, 11) is 0. The molecule has 0 atom stereocenters. The Morgan fingerprint density at radius 2 is 2.04 bits per heavy atom. The van der Waals surface area contributed by atoms with Crippen LogP contribution in [0.2, 0.25) is 0 Å². The summed E-state index contributed by atoms with van der Waals surface area (Å²) >= 11 is 0. The summed E-state index contributed by atoms with van der Waals surface area (Å²) in [6.07, 6.45) is 4.24. The average Bonchev–Trinajstić information content (AvgIpc) is 3.32. The number of aromatic amines is 1. The third kappa shape index (κ3) is 3.17. The molecule has 1 saturated carbocycles. The minimum absolute atomic E-state index is 0.0849. The van der Waals surface area contributed by atoms with E-state index in [4.69, 9.17) is 4.74 Å². The zero-order valence-corrected chi connectivity index (χ0v) is 14.9. The van der Waals surface area contributed by atoms with Gasteiger partial charge in [-0.1, -0.05) is 37.1 Å². The molecule has 0 spiro atoms. The van der Waals surface area contributed by atoms with Crippen LogP contribution in [0.1, 0.15) is 32.6 Å². The topological polar surface area (TPSA) is 67.0 Å². The summed E-state index contributed by atoms with van der Waals surface area (Å²) in [5.41, 5.74) is 3.00. The standard InChI is InChI=1S/C21H23N3O2/c1-2-26-19-10-6-5-9-16(19)15-11-12-17-18(13-15)23-24-20(17)22-21(25)14-7-3-4-8-14/h5-6,9-14H,2-4,7-8H2,1H3,(H2,22,23,24,25). The number of nitrogens with zero attached hydrogens (tertiary/aromatic N) is 1. The van der Waals surface area contributed by atoms with Crippen LogP contribution in [0.4, 0.5) is 5.82 Å². The van der Waals surface area contributed by atoms with Gasteiger partial charge in [0.2, 0.25) is 5.91 Å². The number of fused-ring (bicyclic) bond motifs is 1. The molecule has 0 unspecified atom stereocenters. The predicted octanol–water partition coefficient (Wildman–Crippen LogP) is 4.76. The number of aromatic nitrogens is 2. The first kappa shape index (κ1) is 16.6. The summed E-state index contributed by atoms with van der Waals surface area (Å²) in [6.45, 7) is 2.61. The molecule has 1 amide bonds. The largest absolute Gasteiger partial charge is 0.493 e. The third-order valence-electron chi connectivity index (χ3n) is 5.03. The second-order valence-electron chi connectivity index (χ2n) is 6.73. The lowest BCUT2D eigenvalue weighted by atomic mass is 10.0. The summed E-state index contributed by atoms with van der Waals surface area (Å²) in [4.78, 5) is 12.4. The van der Waals surface area contributed by atoms with Crippen LogP contribution in [0.25, 0.3) is 22.0 Å². The van der Waals surface area contributed by atoms with Gasteiger partial charge in [0.1, 0.15) is 5.75 Å². The maximum atomic E-state index is 12.4. The lowest BCUT2D eigenvalue weighted by molar-refractivity contribution is -0.119. The number of para-hydroxylation sites is 1. The van der Waals surface area contributed by atoms with Crippen LogP contribution < -0.4 is 10.1 Å². The van der Waals surface area contributed by atoms with Crippen LogP contribution in [0.15, 0.2) is 42.5 Å². The van der Waals surface area contributed by atoms with Crippen molar-refractivity contribution in [1.82, 2.24) is 10.2 Å². The monoisotopic (exact) mass is 349 g/mol. The third-order valence-corrected chi connectivity index (χ3v) is 5.03. The van der Waals surface area contributed by atoms with Gasteiger partial charge < -0.3 is 10.1 Å². The van der Waals surface area contributed by atoms with Crippen molar-refractivity contribution in [1.29, 1.82) is 0 Å².